The summed E-state index contributed by atoms with van der Waals surface area (Å²) >= 11 is 0. The average Bonchev–Trinajstić information content (AvgIpc) is 2.96. The normalized spacial score (nSPS) is 11.4. The van der Waals surface area contributed by atoms with Gasteiger partial charge in [0.25, 0.3) is 0 Å². The summed E-state index contributed by atoms with van der Waals surface area (Å²) in [6, 6.07) is 0.337. The summed E-state index contributed by atoms with van der Waals surface area (Å²) in [7, 11) is 1.96. The number of nitrogens with one attached hydrogen (secondary N) is 1. The smallest absolute Gasteiger partial charge is 0.141 e. The molecule has 0 atom stereocenters. The summed E-state index contributed by atoms with van der Waals surface area (Å²) in [4.78, 5) is 4.28. The van der Waals surface area contributed by atoms with E-state index >= 15 is 0 Å². The van der Waals surface area contributed by atoms with E-state index in [9.17, 15) is 0 Å². The molecule has 2 rings (SSSR count). The van der Waals surface area contributed by atoms with Gasteiger partial charge in [0.1, 0.15) is 12.2 Å². The summed E-state index contributed by atoms with van der Waals surface area (Å²) in [5, 5.41) is 12.1. The molecule has 0 unspecified atom stereocenters. The molecule has 0 amide bonds. The number of aromatic nitrogens is 5. The Hall–Kier alpha value is -1.69. The minimum absolute atomic E-state index is 0.337. The lowest BCUT2D eigenvalue weighted by molar-refractivity contribution is 0.489. The van der Waals surface area contributed by atoms with Gasteiger partial charge < -0.3 is 5.32 Å². The van der Waals surface area contributed by atoms with E-state index in [1.54, 1.807) is 6.33 Å². The molecule has 104 valence electrons. The van der Waals surface area contributed by atoms with Gasteiger partial charge in [-0.2, -0.15) is 10.2 Å². The van der Waals surface area contributed by atoms with Crippen molar-refractivity contribution in [2.75, 3.05) is 0 Å². The Labute approximate surface area is 113 Å². The van der Waals surface area contributed by atoms with Crippen molar-refractivity contribution < 1.29 is 0 Å². The Morgan fingerprint density at radius 3 is 2.79 bits per heavy atom. The highest BCUT2D eigenvalue weighted by Gasteiger charge is 2.08. The fourth-order valence-corrected chi connectivity index (χ4v) is 2.17. The summed E-state index contributed by atoms with van der Waals surface area (Å²) < 4.78 is 3.81. The van der Waals surface area contributed by atoms with E-state index in [0.29, 0.717) is 6.04 Å². The molecular formula is C13H22N6. The zero-order valence-electron chi connectivity index (χ0n) is 12.1. The predicted molar refractivity (Wildman–Crippen MR) is 73.5 cm³/mol. The fourth-order valence-electron chi connectivity index (χ4n) is 2.17. The van der Waals surface area contributed by atoms with Gasteiger partial charge in [-0.1, -0.05) is 6.92 Å². The van der Waals surface area contributed by atoms with Crippen LogP contribution in [0.4, 0.5) is 0 Å². The van der Waals surface area contributed by atoms with Crippen LogP contribution in [0.3, 0.4) is 0 Å². The molecule has 6 heteroatoms. The van der Waals surface area contributed by atoms with E-state index in [2.05, 4.69) is 47.5 Å². The minimum Gasteiger partial charge on any atom is -0.306 e. The first-order chi connectivity index (χ1) is 9.11. The molecule has 0 fully saturated rings. The van der Waals surface area contributed by atoms with E-state index < -0.39 is 0 Å². The Kier molecular flexibility index (Phi) is 4.31. The van der Waals surface area contributed by atoms with E-state index in [-0.39, 0.29) is 0 Å². The van der Waals surface area contributed by atoms with Crippen molar-refractivity contribution in [3.63, 3.8) is 0 Å². The molecule has 0 radical (unpaired) electrons. The Balaban J connectivity index is 1.94. The van der Waals surface area contributed by atoms with E-state index in [0.717, 1.165) is 31.0 Å². The molecule has 0 saturated heterocycles. The van der Waals surface area contributed by atoms with Crippen LogP contribution in [0.2, 0.25) is 0 Å². The molecule has 19 heavy (non-hydrogen) atoms. The third-order valence-electron chi connectivity index (χ3n) is 3.06. The quantitative estimate of drug-likeness (QED) is 0.856. The van der Waals surface area contributed by atoms with Gasteiger partial charge in [0, 0.05) is 31.4 Å². The van der Waals surface area contributed by atoms with Gasteiger partial charge in [-0.05, 0) is 20.3 Å². The second kappa shape index (κ2) is 5.97. The van der Waals surface area contributed by atoms with Gasteiger partial charge in [-0.15, -0.1) is 0 Å². The van der Waals surface area contributed by atoms with Gasteiger partial charge >= 0.3 is 0 Å². The number of rotatable bonds is 6. The minimum atomic E-state index is 0.337. The van der Waals surface area contributed by atoms with Crippen LogP contribution in [0.1, 0.15) is 43.9 Å². The van der Waals surface area contributed by atoms with Crippen LogP contribution in [0, 0.1) is 0 Å². The standard InChI is InChI=1S/C13H22N6/c1-5-12-11(8-18(4)17-12)6-14-7-13-15-9-16-19(13)10(2)3/h8-10,14H,5-7H2,1-4H3. The van der Waals surface area contributed by atoms with Crippen molar-refractivity contribution in [3.05, 3.63) is 29.6 Å². The van der Waals surface area contributed by atoms with Crippen molar-refractivity contribution in [1.82, 2.24) is 29.9 Å². The lowest BCUT2D eigenvalue weighted by atomic mass is 10.2. The number of aryl methyl sites for hydroxylation is 2. The third kappa shape index (κ3) is 3.20. The lowest BCUT2D eigenvalue weighted by Crippen LogP contribution is -2.18. The van der Waals surface area contributed by atoms with E-state index in [4.69, 9.17) is 0 Å². The summed E-state index contributed by atoms with van der Waals surface area (Å²) in [5.41, 5.74) is 2.40. The van der Waals surface area contributed by atoms with Crippen LogP contribution in [0.5, 0.6) is 0 Å². The van der Waals surface area contributed by atoms with Gasteiger partial charge in [0.15, 0.2) is 0 Å². The van der Waals surface area contributed by atoms with Crippen LogP contribution in [-0.2, 0) is 26.6 Å². The van der Waals surface area contributed by atoms with Crippen molar-refractivity contribution >= 4 is 0 Å². The first-order valence-corrected chi connectivity index (χ1v) is 6.72. The molecule has 0 spiro atoms. The molecule has 2 aromatic rings. The molecule has 6 nitrogen and oxygen atoms in total. The van der Waals surface area contributed by atoms with E-state index in [1.807, 2.05) is 16.4 Å². The zero-order valence-corrected chi connectivity index (χ0v) is 12.1. The second-order valence-electron chi connectivity index (χ2n) is 4.95. The van der Waals surface area contributed by atoms with Crippen LogP contribution < -0.4 is 5.32 Å². The highest BCUT2D eigenvalue weighted by Crippen LogP contribution is 2.08. The molecule has 0 aliphatic carbocycles. The summed E-state index contributed by atoms with van der Waals surface area (Å²) in [6.07, 6.45) is 4.64. The van der Waals surface area contributed by atoms with E-state index in [1.165, 1.54) is 5.56 Å². The van der Waals surface area contributed by atoms with Gasteiger partial charge in [-0.25, -0.2) is 9.67 Å². The van der Waals surface area contributed by atoms with Crippen LogP contribution in [0.15, 0.2) is 12.5 Å². The van der Waals surface area contributed by atoms with Crippen LogP contribution in [-0.4, -0.2) is 24.5 Å². The molecule has 2 heterocycles. The molecule has 0 aliphatic rings. The van der Waals surface area contributed by atoms with Gasteiger partial charge in [-0.3, -0.25) is 4.68 Å². The molecule has 1 N–H and O–H groups in total. The monoisotopic (exact) mass is 262 g/mol. The molecule has 0 aromatic carbocycles. The highest BCUT2D eigenvalue weighted by molar-refractivity contribution is 5.16. The maximum absolute atomic E-state index is 4.43. The lowest BCUT2D eigenvalue weighted by Gasteiger charge is -2.09. The van der Waals surface area contributed by atoms with Crippen LogP contribution >= 0.6 is 0 Å². The molecule has 0 saturated carbocycles. The van der Waals surface area contributed by atoms with Crippen molar-refractivity contribution in [2.45, 2.75) is 46.3 Å². The number of nitrogens with zero attached hydrogens (tertiary/aromatic N) is 5. The molecule has 0 aliphatic heterocycles. The predicted octanol–water partition coefficient (Wildman–Crippen LogP) is 1.44. The molecule has 0 bridgehead atoms. The Bertz CT molecular complexity index is 525. The van der Waals surface area contributed by atoms with Gasteiger partial charge in [0.05, 0.1) is 12.2 Å². The maximum Gasteiger partial charge on any atom is 0.141 e. The van der Waals surface area contributed by atoms with Crippen molar-refractivity contribution in [2.24, 2.45) is 7.05 Å². The topological polar surface area (TPSA) is 60.6 Å². The molecular weight excluding hydrogens is 240 g/mol. The van der Waals surface area contributed by atoms with Crippen molar-refractivity contribution in [3.8, 4) is 0 Å². The first kappa shape index (κ1) is 13.7. The average molecular weight is 262 g/mol. The third-order valence-corrected chi connectivity index (χ3v) is 3.06. The summed E-state index contributed by atoms with van der Waals surface area (Å²) in [6.45, 7) is 7.86. The van der Waals surface area contributed by atoms with Crippen molar-refractivity contribution in [1.29, 1.82) is 0 Å². The molecule has 2 aromatic heterocycles. The number of hydrogen-bond donors (Lipinski definition) is 1. The van der Waals surface area contributed by atoms with Crippen LogP contribution in [0.25, 0.3) is 0 Å². The Morgan fingerprint density at radius 2 is 2.11 bits per heavy atom. The zero-order chi connectivity index (χ0) is 13.8. The SMILES string of the molecule is CCc1nn(C)cc1CNCc1ncnn1C(C)C. The highest BCUT2D eigenvalue weighted by atomic mass is 15.4. The maximum atomic E-state index is 4.43. The fraction of sp³-hybridized carbons (Fsp3) is 0.615. The van der Waals surface area contributed by atoms with Gasteiger partial charge in [0.2, 0.25) is 0 Å². The second-order valence-corrected chi connectivity index (χ2v) is 4.95. The largest absolute Gasteiger partial charge is 0.306 e. The first-order valence-electron chi connectivity index (χ1n) is 6.72. The summed E-state index contributed by atoms with van der Waals surface area (Å²) in [5.74, 6) is 0.969. The number of hydrogen-bond acceptors (Lipinski definition) is 4. The Morgan fingerprint density at radius 1 is 1.32 bits per heavy atom.